The van der Waals surface area contributed by atoms with Crippen molar-refractivity contribution in [2.75, 3.05) is 0 Å². The molecular formula is C18H15O3PSi3. The molecule has 0 aliphatic heterocycles. The maximum atomic E-state index is 5.93. The van der Waals surface area contributed by atoms with E-state index in [-0.39, 0.29) is 29.3 Å². The first-order valence-electron chi connectivity index (χ1n) is 7.64. The van der Waals surface area contributed by atoms with Gasteiger partial charge < -0.3 is 12.6 Å². The van der Waals surface area contributed by atoms with Gasteiger partial charge in [-0.2, -0.15) is 0 Å². The molecule has 0 aliphatic carbocycles. The summed E-state index contributed by atoms with van der Waals surface area (Å²) in [5, 5.41) is 3.40. The summed E-state index contributed by atoms with van der Waals surface area (Å²) in [5.74, 6) is 0. The third-order valence-corrected chi connectivity index (χ3v) is 7.63. The molecule has 0 saturated carbocycles. The highest BCUT2D eigenvalue weighted by Gasteiger charge is 2.15. The zero-order valence-corrected chi connectivity index (χ0v) is 17.2. The molecule has 0 fully saturated rings. The lowest BCUT2D eigenvalue weighted by atomic mass is 10.4. The molecule has 3 rings (SSSR count). The number of hydrogen-bond acceptors (Lipinski definition) is 3. The van der Waals surface area contributed by atoms with Gasteiger partial charge in [0.15, 0.2) is 0 Å². The Hall–Kier alpha value is -1.38. The van der Waals surface area contributed by atoms with Crippen LogP contribution >= 0.6 is 8.60 Å². The van der Waals surface area contributed by atoms with Gasteiger partial charge in [-0.25, -0.2) is 0 Å². The fraction of sp³-hybridized carbons (Fsp3) is 0. The van der Waals surface area contributed by atoms with Crippen LogP contribution in [-0.2, 0) is 12.6 Å². The summed E-state index contributed by atoms with van der Waals surface area (Å²) in [7, 11) is -0.772. The second-order valence-electron chi connectivity index (χ2n) is 4.90. The highest BCUT2D eigenvalue weighted by molar-refractivity contribution is 7.45. The third-order valence-electron chi connectivity index (χ3n) is 3.04. The quantitative estimate of drug-likeness (QED) is 0.411. The summed E-state index contributed by atoms with van der Waals surface area (Å²) < 4.78 is 17.8. The minimum absolute atomic E-state index is 0.208. The average Bonchev–Trinajstić information content (AvgIpc) is 2.70. The molecule has 3 aromatic rings. The predicted molar refractivity (Wildman–Crippen MR) is 106 cm³/mol. The van der Waals surface area contributed by atoms with Crippen molar-refractivity contribution >= 4 is 53.5 Å². The number of rotatable bonds is 9. The van der Waals surface area contributed by atoms with Crippen LogP contribution in [0.15, 0.2) is 91.0 Å². The first-order chi connectivity index (χ1) is 12.4. The van der Waals surface area contributed by atoms with Crippen LogP contribution in [0.1, 0.15) is 0 Å². The molecule has 0 heterocycles. The molecule has 0 amide bonds. The van der Waals surface area contributed by atoms with Crippen molar-refractivity contribution < 1.29 is 12.6 Å². The van der Waals surface area contributed by atoms with Crippen LogP contribution in [0.25, 0.3) is 0 Å². The van der Waals surface area contributed by atoms with E-state index < -0.39 is 8.60 Å². The number of benzene rings is 3. The summed E-state index contributed by atoms with van der Waals surface area (Å²) in [6.07, 6.45) is 0. The van der Waals surface area contributed by atoms with Crippen molar-refractivity contribution in [2.45, 2.75) is 0 Å². The fourth-order valence-electron chi connectivity index (χ4n) is 1.84. The van der Waals surface area contributed by atoms with E-state index in [1.807, 2.05) is 91.0 Å². The standard InChI is InChI=1S/C18H15O3PSi3/c1-4-10-16(11-5-1)23-19-22(20-24-17-12-6-2-7-13-17)21-25-18-14-8-3-9-15-18/h1-15H. The van der Waals surface area contributed by atoms with Gasteiger partial charge in [-0.1, -0.05) is 91.0 Å². The van der Waals surface area contributed by atoms with Crippen molar-refractivity contribution in [3.05, 3.63) is 91.0 Å². The molecule has 0 bridgehead atoms. The van der Waals surface area contributed by atoms with Crippen LogP contribution < -0.4 is 15.6 Å². The van der Waals surface area contributed by atoms with Crippen LogP contribution in [0, 0.1) is 0 Å². The molecule has 0 aromatic heterocycles. The minimum Gasteiger partial charge on any atom is -0.350 e. The molecule has 6 radical (unpaired) electrons. The molecule has 25 heavy (non-hydrogen) atoms. The molecule has 0 N–H and O–H groups in total. The molecule has 0 aliphatic rings. The van der Waals surface area contributed by atoms with E-state index in [4.69, 9.17) is 12.6 Å². The average molecular weight is 395 g/mol. The van der Waals surface area contributed by atoms with Gasteiger partial charge in [-0.05, 0) is 15.6 Å². The van der Waals surface area contributed by atoms with Crippen molar-refractivity contribution in [3.63, 3.8) is 0 Å². The topological polar surface area (TPSA) is 27.7 Å². The summed E-state index contributed by atoms with van der Waals surface area (Å²) in [6.45, 7) is 0. The molecule has 3 nitrogen and oxygen atoms in total. The lowest BCUT2D eigenvalue weighted by Crippen LogP contribution is -2.22. The van der Waals surface area contributed by atoms with Crippen LogP contribution in [0.5, 0.6) is 0 Å². The van der Waals surface area contributed by atoms with Gasteiger partial charge >= 0.3 is 0 Å². The van der Waals surface area contributed by atoms with Crippen molar-refractivity contribution in [1.29, 1.82) is 0 Å². The summed E-state index contributed by atoms with van der Waals surface area (Å²) in [4.78, 5) is 0. The second-order valence-corrected chi connectivity index (χ2v) is 9.88. The van der Waals surface area contributed by atoms with Crippen molar-refractivity contribution in [2.24, 2.45) is 0 Å². The van der Waals surface area contributed by atoms with Crippen LogP contribution in [0.4, 0.5) is 0 Å². The van der Waals surface area contributed by atoms with Crippen LogP contribution in [0.3, 0.4) is 0 Å². The van der Waals surface area contributed by atoms with Crippen LogP contribution in [0.2, 0.25) is 0 Å². The van der Waals surface area contributed by atoms with Gasteiger partial charge in [0, 0.05) is 0 Å². The van der Waals surface area contributed by atoms with Crippen molar-refractivity contribution in [3.8, 4) is 0 Å². The van der Waals surface area contributed by atoms with Crippen molar-refractivity contribution in [1.82, 2.24) is 0 Å². The summed E-state index contributed by atoms with van der Waals surface area (Å²) in [5.41, 5.74) is 0. The first kappa shape index (κ1) is 18.4. The van der Waals surface area contributed by atoms with Gasteiger partial charge in [-0.3, -0.25) is 0 Å². The van der Waals surface area contributed by atoms with Gasteiger partial charge in [0.2, 0.25) is 0 Å². The van der Waals surface area contributed by atoms with E-state index in [1.165, 1.54) is 0 Å². The van der Waals surface area contributed by atoms with Gasteiger partial charge in [0.1, 0.15) is 0 Å². The third kappa shape index (κ3) is 6.80. The van der Waals surface area contributed by atoms with E-state index >= 15 is 0 Å². The fourth-order valence-corrected chi connectivity index (χ4v) is 6.44. The molecule has 0 unspecified atom stereocenters. The Morgan fingerprint density at radius 1 is 0.440 bits per heavy atom. The van der Waals surface area contributed by atoms with Crippen LogP contribution in [-0.4, -0.2) is 29.3 Å². The second kappa shape index (κ2) is 10.6. The molecule has 3 aromatic carbocycles. The molecular weight excluding hydrogens is 379 g/mol. The zero-order chi connectivity index (χ0) is 17.2. The Morgan fingerprint density at radius 2 is 0.720 bits per heavy atom. The zero-order valence-electron chi connectivity index (χ0n) is 13.3. The maximum Gasteiger partial charge on any atom is 0.300 e. The molecule has 0 atom stereocenters. The van der Waals surface area contributed by atoms with E-state index in [1.54, 1.807) is 0 Å². The Morgan fingerprint density at radius 3 is 1.00 bits per heavy atom. The van der Waals surface area contributed by atoms with Gasteiger partial charge in [-0.15, -0.1) is 0 Å². The monoisotopic (exact) mass is 394 g/mol. The summed E-state index contributed by atoms with van der Waals surface area (Å²) >= 11 is 0. The normalized spacial score (nSPS) is 10.9. The SMILES string of the molecule is c1ccc([Si]OP(O[Si]c2ccccc2)O[Si]c2ccccc2)cc1. The molecule has 0 spiro atoms. The minimum atomic E-state index is -1.39. The largest absolute Gasteiger partial charge is 0.350 e. The highest BCUT2D eigenvalue weighted by Crippen LogP contribution is 2.37. The lowest BCUT2D eigenvalue weighted by molar-refractivity contribution is 0.425. The first-order valence-corrected chi connectivity index (χ1v) is 11.5. The maximum absolute atomic E-state index is 5.93. The molecule has 122 valence electrons. The predicted octanol–water partition coefficient (Wildman–Crippen LogP) is 2.10. The van der Waals surface area contributed by atoms with Gasteiger partial charge in [0.05, 0.1) is 0 Å². The molecule has 7 heteroatoms. The summed E-state index contributed by atoms with van der Waals surface area (Å²) in [6, 6.07) is 30.3. The van der Waals surface area contributed by atoms with Gasteiger partial charge in [0.25, 0.3) is 37.9 Å². The number of hydrogen-bond donors (Lipinski definition) is 0. The smallest absolute Gasteiger partial charge is 0.300 e. The Kier molecular flexibility index (Phi) is 7.79. The lowest BCUT2D eigenvalue weighted by Gasteiger charge is -2.16. The highest BCUT2D eigenvalue weighted by atomic mass is 31.2. The van der Waals surface area contributed by atoms with E-state index in [0.29, 0.717) is 0 Å². The van der Waals surface area contributed by atoms with E-state index in [9.17, 15) is 0 Å². The molecule has 0 saturated heterocycles. The van der Waals surface area contributed by atoms with E-state index in [0.717, 1.165) is 15.6 Å². The Labute approximate surface area is 157 Å². The van der Waals surface area contributed by atoms with E-state index in [2.05, 4.69) is 0 Å². The Bertz CT molecular complexity index is 629. The Balaban J connectivity index is 1.56.